The third kappa shape index (κ3) is 6.72. The number of likely N-dealkylation sites (N-methyl/N-ethyl adjacent to an activating group) is 1. The summed E-state index contributed by atoms with van der Waals surface area (Å²) in [6.45, 7) is 5.90. The van der Waals surface area contributed by atoms with E-state index in [0.717, 1.165) is 18.5 Å². The van der Waals surface area contributed by atoms with Crippen LogP contribution in [0, 0.1) is 17.2 Å². The van der Waals surface area contributed by atoms with Crippen LogP contribution in [0.4, 0.5) is 0 Å². The summed E-state index contributed by atoms with van der Waals surface area (Å²) < 4.78 is 0. The van der Waals surface area contributed by atoms with Crippen molar-refractivity contribution in [2.24, 2.45) is 5.92 Å². The highest BCUT2D eigenvalue weighted by atomic mass is 16.3. The van der Waals surface area contributed by atoms with Crippen LogP contribution in [0.5, 0.6) is 0 Å². The molecule has 0 radical (unpaired) electrons. The second-order valence-corrected chi connectivity index (χ2v) is 6.25. The van der Waals surface area contributed by atoms with Crippen molar-refractivity contribution in [2.45, 2.75) is 32.4 Å². The van der Waals surface area contributed by atoms with E-state index in [1.165, 1.54) is 0 Å². The summed E-state index contributed by atoms with van der Waals surface area (Å²) in [5.74, 6) is 0.620. The molecule has 21 heavy (non-hydrogen) atoms. The number of nitriles is 1. The molecule has 0 aromatic heterocycles. The van der Waals surface area contributed by atoms with Gasteiger partial charge in [0.2, 0.25) is 0 Å². The largest absolute Gasteiger partial charge is 0.387 e. The molecule has 2 N–H and O–H groups in total. The maximum absolute atomic E-state index is 10.2. The Hall–Kier alpha value is -1.41. The number of nitrogens with zero attached hydrogens (tertiary/aromatic N) is 2. The number of rotatable bonds is 8. The topological polar surface area (TPSA) is 59.3 Å². The zero-order valence-corrected chi connectivity index (χ0v) is 13.5. The first-order valence-electron chi connectivity index (χ1n) is 7.48. The average Bonchev–Trinajstić information content (AvgIpc) is 2.43. The van der Waals surface area contributed by atoms with E-state index < -0.39 is 6.10 Å². The van der Waals surface area contributed by atoms with Gasteiger partial charge in [0.05, 0.1) is 17.7 Å². The van der Waals surface area contributed by atoms with Gasteiger partial charge in [0, 0.05) is 19.1 Å². The Morgan fingerprint density at radius 3 is 2.33 bits per heavy atom. The fourth-order valence-corrected chi connectivity index (χ4v) is 2.41. The van der Waals surface area contributed by atoms with E-state index >= 15 is 0 Å². The summed E-state index contributed by atoms with van der Waals surface area (Å²) in [6.07, 6.45) is 0.535. The van der Waals surface area contributed by atoms with E-state index in [9.17, 15) is 5.11 Å². The zero-order chi connectivity index (χ0) is 15.8. The highest BCUT2D eigenvalue weighted by molar-refractivity contribution is 5.32. The van der Waals surface area contributed by atoms with E-state index in [-0.39, 0.29) is 0 Å². The smallest absolute Gasteiger partial charge is 0.0991 e. The number of hydrogen-bond donors (Lipinski definition) is 2. The van der Waals surface area contributed by atoms with Crippen LogP contribution < -0.4 is 5.32 Å². The second kappa shape index (κ2) is 8.78. The van der Waals surface area contributed by atoms with Gasteiger partial charge in [-0.1, -0.05) is 26.0 Å². The maximum atomic E-state index is 10.2. The summed E-state index contributed by atoms with van der Waals surface area (Å²) in [7, 11) is 4.12. The highest BCUT2D eigenvalue weighted by Crippen LogP contribution is 2.14. The standard InChI is InChI=1S/C17H27N3O/c1-13(2)9-16(12-20(3)4)19-11-17(21)15-7-5-14(10-18)6-8-15/h5-8,13,16-17,19,21H,9,11-12H2,1-4H3. The molecule has 0 bridgehead atoms. The van der Waals surface area contributed by atoms with E-state index in [1.54, 1.807) is 12.1 Å². The summed E-state index contributed by atoms with van der Waals surface area (Å²) >= 11 is 0. The van der Waals surface area contributed by atoms with Crippen molar-refractivity contribution in [2.75, 3.05) is 27.2 Å². The van der Waals surface area contributed by atoms with Gasteiger partial charge in [-0.25, -0.2) is 0 Å². The molecule has 0 aliphatic carbocycles. The van der Waals surface area contributed by atoms with Crippen molar-refractivity contribution < 1.29 is 5.11 Å². The van der Waals surface area contributed by atoms with E-state index in [1.807, 2.05) is 12.1 Å². The molecule has 1 aromatic rings. The predicted octanol–water partition coefficient (Wildman–Crippen LogP) is 2.16. The van der Waals surface area contributed by atoms with Crippen LogP contribution in [0.25, 0.3) is 0 Å². The summed E-state index contributed by atoms with van der Waals surface area (Å²) in [5.41, 5.74) is 1.46. The number of aliphatic hydroxyl groups excluding tert-OH is 1. The van der Waals surface area contributed by atoms with Gasteiger partial charge in [0.15, 0.2) is 0 Å². The Morgan fingerprint density at radius 2 is 1.86 bits per heavy atom. The average molecular weight is 289 g/mol. The fourth-order valence-electron chi connectivity index (χ4n) is 2.41. The lowest BCUT2D eigenvalue weighted by Gasteiger charge is -2.25. The third-order valence-electron chi connectivity index (χ3n) is 3.37. The SMILES string of the molecule is CC(C)CC(CN(C)C)NCC(O)c1ccc(C#N)cc1. The van der Waals surface area contributed by atoms with Crippen LogP contribution in [0.3, 0.4) is 0 Å². The van der Waals surface area contributed by atoms with Crippen molar-refractivity contribution >= 4 is 0 Å². The van der Waals surface area contributed by atoms with Crippen molar-refractivity contribution in [3.8, 4) is 6.07 Å². The molecule has 0 amide bonds. The van der Waals surface area contributed by atoms with Gasteiger partial charge in [-0.3, -0.25) is 0 Å². The predicted molar refractivity (Wildman–Crippen MR) is 85.9 cm³/mol. The Labute approximate surface area is 128 Å². The molecule has 4 nitrogen and oxygen atoms in total. The van der Waals surface area contributed by atoms with Crippen LogP contribution in [0.1, 0.15) is 37.5 Å². The molecule has 0 saturated carbocycles. The Kier molecular flexibility index (Phi) is 7.38. The zero-order valence-electron chi connectivity index (χ0n) is 13.5. The van der Waals surface area contributed by atoms with Crippen LogP contribution in [-0.4, -0.2) is 43.2 Å². The first kappa shape index (κ1) is 17.6. The highest BCUT2D eigenvalue weighted by Gasteiger charge is 2.14. The van der Waals surface area contributed by atoms with Gasteiger partial charge in [0.1, 0.15) is 0 Å². The minimum absolute atomic E-state index is 0.369. The fraction of sp³-hybridized carbons (Fsp3) is 0.588. The number of benzene rings is 1. The van der Waals surface area contributed by atoms with Crippen molar-refractivity contribution in [3.63, 3.8) is 0 Å². The number of hydrogen-bond acceptors (Lipinski definition) is 4. The number of aliphatic hydroxyl groups is 1. The van der Waals surface area contributed by atoms with Gasteiger partial charge < -0.3 is 15.3 Å². The van der Waals surface area contributed by atoms with E-state index in [4.69, 9.17) is 5.26 Å². The summed E-state index contributed by atoms with van der Waals surface area (Å²) in [4.78, 5) is 2.16. The van der Waals surface area contributed by atoms with Gasteiger partial charge >= 0.3 is 0 Å². The van der Waals surface area contributed by atoms with Crippen molar-refractivity contribution in [1.29, 1.82) is 5.26 Å². The van der Waals surface area contributed by atoms with Crippen LogP contribution in [0.2, 0.25) is 0 Å². The molecule has 2 unspecified atom stereocenters. The first-order valence-corrected chi connectivity index (χ1v) is 7.48. The molecule has 1 rings (SSSR count). The molecule has 0 saturated heterocycles. The molecule has 0 aliphatic heterocycles. The quantitative estimate of drug-likeness (QED) is 0.770. The lowest BCUT2D eigenvalue weighted by molar-refractivity contribution is 0.163. The maximum Gasteiger partial charge on any atom is 0.0991 e. The second-order valence-electron chi connectivity index (χ2n) is 6.25. The monoisotopic (exact) mass is 289 g/mol. The molecular weight excluding hydrogens is 262 g/mol. The molecule has 0 fully saturated rings. The molecule has 4 heteroatoms. The molecule has 2 atom stereocenters. The molecule has 0 heterocycles. The van der Waals surface area contributed by atoms with Crippen LogP contribution in [-0.2, 0) is 0 Å². The Morgan fingerprint density at radius 1 is 1.24 bits per heavy atom. The molecular formula is C17H27N3O. The third-order valence-corrected chi connectivity index (χ3v) is 3.37. The Bertz CT molecular complexity index is 438. The lowest BCUT2D eigenvalue weighted by atomic mass is 10.0. The van der Waals surface area contributed by atoms with Crippen molar-refractivity contribution in [3.05, 3.63) is 35.4 Å². The molecule has 1 aromatic carbocycles. The van der Waals surface area contributed by atoms with Gasteiger partial charge in [-0.2, -0.15) is 5.26 Å². The van der Waals surface area contributed by atoms with Crippen LogP contribution in [0.15, 0.2) is 24.3 Å². The molecule has 0 spiro atoms. The van der Waals surface area contributed by atoms with Crippen molar-refractivity contribution in [1.82, 2.24) is 10.2 Å². The Balaban J connectivity index is 2.55. The van der Waals surface area contributed by atoms with E-state index in [0.29, 0.717) is 24.1 Å². The van der Waals surface area contributed by atoms with Gasteiger partial charge in [-0.15, -0.1) is 0 Å². The van der Waals surface area contributed by atoms with Crippen LogP contribution >= 0.6 is 0 Å². The minimum Gasteiger partial charge on any atom is -0.387 e. The summed E-state index contributed by atoms with van der Waals surface area (Å²) in [6, 6.07) is 9.56. The van der Waals surface area contributed by atoms with E-state index in [2.05, 4.69) is 44.2 Å². The molecule has 116 valence electrons. The lowest BCUT2D eigenvalue weighted by Crippen LogP contribution is -2.41. The first-order chi connectivity index (χ1) is 9.92. The molecule has 0 aliphatic rings. The normalized spacial score (nSPS) is 14.2. The number of nitrogens with one attached hydrogen (secondary N) is 1. The summed E-state index contributed by atoms with van der Waals surface area (Å²) in [5, 5.41) is 22.5. The minimum atomic E-state index is -0.547. The van der Waals surface area contributed by atoms with Gasteiger partial charge in [0.25, 0.3) is 0 Å². The van der Waals surface area contributed by atoms with Gasteiger partial charge in [-0.05, 0) is 44.1 Å².